The van der Waals surface area contributed by atoms with Crippen LogP contribution in [0.25, 0.3) is 0 Å². The summed E-state index contributed by atoms with van der Waals surface area (Å²) in [5, 5.41) is -0.573. The van der Waals surface area contributed by atoms with Gasteiger partial charge in [-0.3, -0.25) is 0 Å². The van der Waals surface area contributed by atoms with Crippen LogP contribution in [0.4, 0.5) is 4.39 Å². The maximum atomic E-state index is 14.7. The third kappa shape index (κ3) is 3.83. The summed E-state index contributed by atoms with van der Waals surface area (Å²) in [5.74, 6) is -0.381. The minimum absolute atomic E-state index is 0. The van der Waals surface area contributed by atoms with Crippen LogP contribution in [-0.2, 0) is 22.1 Å². The van der Waals surface area contributed by atoms with E-state index in [4.69, 9.17) is 5.73 Å². The fourth-order valence-electron chi connectivity index (χ4n) is 3.93. The zero-order chi connectivity index (χ0) is 19.2. The van der Waals surface area contributed by atoms with Crippen molar-refractivity contribution in [3.05, 3.63) is 71.0 Å². The van der Waals surface area contributed by atoms with Crippen LogP contribution in [0.3, 0.4) is 0 Å². The van der Waals surface area contributed by atoms with E-state index in [2.05, 4.69) is 0 Å². The first-order chi connectivity index (χ1) is 12.8. The first-order valence-electron chi connectivity index (χ1n) is 9.45. The van der Waals surface area contributed by atoms with Crippen LogP contribution in [0.15, 0.2) is 48.5 Å². The van der Waals surface area contributed by atoms with Gasteiger partial charge in [-0.15, -0.1) is 12.4 Å². The molecule has 2 aromatic carbocycles. The van der Waals surface area contributed by atoms with Gasteiger partial charge in [-0.25, -0.2) is 12.8 Å². The summed E-state index contributed by atoms with van der Waals surface area (Å²) in [4.78, 5) is 0. The van der Waals surface area contributed by atoms with Gasteiger partial charge in [-0.05, 0) is 49.8 Å². The van der Waals surface area contributed by atoms with Crippen molar-refractivity contribution in [3.63, 3.8) is 0 Å². The van der Waals surface area contributed by atoms with E-state index >= 15 is 0 Å². The Bertz CT molecular complexity index is 948. The maximum Gasteiger partial charge on any atom is 0.221 e. The summed E-state index contributed by atoms with van der Waals surface area (Å²) in [6, 6.07) is 14.1. The van der Waals surface area contributed by atoms with Gasteiger partial charge in [0.05, 0.1) is 0 Å². The number of sulfonamides is 1. The van der Waals surface area contributed by atoms with E-state index in [1.165, 1.54) is 10.4 Å². The molecule has 0 aromatic heterocycles. The first kappa shape index (κ1) is 21.2. The minimum atomic E-state index is -3.57. The fraction of sp³-hybridized carbons (Fsp3) is 0.429. The lowest BCUT2D eigenvalue weighted by Gasteiger charge is -2.37. The molecule has 2 atom stereocenters. The predicted molar refractivity (Wildman–Crippen MR) is 111 cm³/mol. The molecule has 1 heterocycles. The molecule has 1 aliphatic heterocycles. The van der Waals surface area contributed by atoms with E-state index in [-0.39, 0.29) is 30.8 Å². The molecule has 2 N–H and O–H groups in total. The van der Waals surface area contributed by atoms with Crippen LogP contribution < -0.4 is 5.73 Å². The topological polar surface area (TPSA) is 63.4 Å². The molecule has 0 unspecified atom stereocenters. The zero-order valence-electron chi connectivity index (χ0n) is 15.8. The number of benzene rings is 2. The van der Waals surface area contributed by atoms with Crippen LogP contribution in [0.2, 0.25) is 0 Å². The minimum Gasteiger partial charge on any atom is -0.321 e. The number of rotatable bonds is 4. The van der Waals surface area contributed by atoms with Crippen molar-refractivity contribution in [2.45, 2.75) is 56.0 Å². The summed E-state index contributed by atoms with van der Waals surface area (Å²) in [6.07, 6.45) is 3.07. The van der Waals surface area contributed by atoms with Gasteiger partial charge >= 0.3 is 0 Å². The molecule has 2 fully saturated rings. The van der Waals surface area contributed by atoms with Crippen molar-refractivity contribution in [2.24, 2.45) is 5.73 Å². The molecule has 0 bridgehead atoms. The van der Waals surface area contributed by atoms with Gasteiger partial charge in [0.25, 0.3) is 0 Å². The lowest BCUT2D eigenvalue weighted by Crippen LogP contribution is -2.44. The highest BCUT2D eigenvalue weighted by atomic mass is 35.5. The predicted octanol–water partition coefficient (Wildman–Crippen LogP) is 4.25. The second kappa shape index (κ2) is 7.75. The van der Waals surface area contributed by atoms with Crippen molar-refractivity contribution in [3.8, 4) is 0 Å². The van der Waals surface area contributed by atoms with Gasteiger partial charge in [0.2, 0.25) is 10.0 Å². The average Bonchev–Trinajstić information content (AvgIpc) is 3.39. The Morgan fingerprint density at radius 3 is 2.43 bits per heavy atom. The highest BCUT2D eigenvalue weighted by molar-refractivity contribution is 7.89. The van der Waals surface area contributed by atoms with Gasteiger partial charge in [0.15, 0.2) is 0 Å². The number of nitrogens with zero attached hydrogens (tertiary/aromatic N) is 1. The lowest BCUT2D eigenvalue weighted by atomic mass is 10.0. The summed E-state index contributed by atoms with van der Waals surface area (Å²) in [7, 11) is -3.57. The van der Waals surface area contributed by atoms with Crippen molar-refractivity contribution in [2.75, 3.05) is 0 Å². The van der Waals surface area contributed by atoms with Crippen LogP contribution in [0, 0.1) is 5.82 Å². The quantitative estimate of drug-likeness (QED) is 0.797. The van der Waals surface area contributed by atoms with Crippen molar-refractivity contribution in [1.29, 1.82) is 0 Å². The Kier molecular flexibility index (Phi) is 5.88. The van der Waals surface area contributed by atoms with E-state index in [1.807, 2.05) is 43.3 Å². The molecule has 2 aliphatic rings. The SMILES string of the molecule is C[C@H]1CC[C@H](c2ccccc2)S(=O)(=O)N1Cc1ccc(C2(N)CC2)cc1F.Cl. The summed E-state index contributed by atoms with van der Waals surface area (Å²) < 4.78 is 42.7. The third-order valence-electron chi connectivity index (χ3n) is 5.94. The van der Waals surface area contributed by atoms with Gasteiger partial charge < -0.3 is 5.73 Å². The third-order valence-corrected chi connectivity index (χ3v) is 8.31. The van der Waals surface area contributed by atoms with Gasteiger partial charge in [0, 0.05) is 23.7 Å². The molecule has 0 amide bonds. The number of hydrogen-bond donors (Lipinski definition) is 1. The maximum absolute atomic E-state index is 14.7. The molecule has 4 nitrogen and oxygen atoms in total. The normalized spacial score (nSPS) is 25.7. The van der Waals surface area contributed by atoms with E-state index in [0.29, 0.717) is 12.0 Å². The molecule has 1 aliphatic carbocycles. The van der Waals surface area contributed by atoms with Crippen molar-refractivity contribution >= 4 is 22.4 Å². The van der Waals surface area contributed by atoms with Crippen LogP contribution in [0.5, 0.6) is 0 Å². The standard InChI is InChI=1S/C21H25FN2O2S.ClH/c1-15-7-10-20(16-5-3-2-4-6-16)27(25,26)24(15)14-17-8-9-18(13-19(17)22)21(23)11-12-21;/h2-6,8-9,13,15,20H,7,10-12,14,23H2,1H3;1H/t15-,20+;/m0./s1. The molecule has 1 saturated carbocycles. The highest BCUT2D eigenvalue weighted by Gasteiger charge is 2.42. The second-order valence-electron chi connectivity index (χ2n) is 7.88. The van der Waals surface area contributed by atoms with Gasteiger partial charge in [-0.2, -0.15) is 4.31 Å². The molecular formula is C21H26ClFN2O2S. The van der Waals surface area contributed by atoms with Crippen molar-refractivity contribution < 1.29 is 12.8 Å². The number of halogens is 2. The Morgan fingerprint density at radius 1 is 1.14 bits per heavy atom. The van der Waals surface area contributed by atoms with Crippen LogP contribution >= 0.6 is 12.4 Å². The van der Waals surface area contributed by atoms with E-state index in [1.54, 1.807) is 6.07 Å². The summed E-state index contributed by atoms with van der Waals surface area (Å²) in [5.41, 5.74) is 7.73. The largest absolute Gasteiger partial charge is 0.321 e. The Balaban J connectivity index is 0.00000225. The summed E-state index contributed by atoms with van der Waals surface area (Å²) in [6.45, 7) is 1.95. The molecule has 28 heavy (non-hydrogen) atoms. The molecule has 0 radical (unpaired) electrons. The smallest absolute Gasteiger partial charge is 0.221 e. The second-order valence-corrected chi connectivity index (χ2v) is 9.95. The van der Waals surface area contributed by atoms with E-state index < -0.39 is 20.8 Å². The molecule has 0 spiro atoms. The van der Waals surface area contributed by atoms with Gasteiger partial charge in [0.1, 0.15) is 11.1 Å². The Hall–Kier alpha value is -1.47. The van der Waals surface area contributed by atoms with Gasteiger partial charge in [-0.1, -0.05) is 42.5 Å². The monoisotopic (exact) mass is 424 g/mol. The fourth-order valence-corrected chi connectivity index (χ4v) is 6.12. The molecule has 7 heteroatoms. The van der Waals surface area contributed by atoms with Crippen LogP contribution in [0.1, 0.15) is 54.5 Å². The number of hydrogen-bond acceptors (Lipinski definition) is 3. The average molecular weight is 425 g/mol. The Morgan fingerprint density at radius 2 is 1.82 bits per heavy atom. The summed E-state index contributed by atoms with van der Waals surface area (Å²) >= 11 is 0. The molecule has 2 aromatic rings. The van der Waals surface area contributed by atoms with Crippen molar-refractivity contribution in [1.82, 2.24) is 4.31 Å². The number of nitrogens with two attached hydrogens (primary N) is 1. The Labute approximate surface area is 172 Å². The zero-order valence-corrected chi connectivity index (χ0v) is 17.5. The first-order valence-corrected chi connectivity index (χ1v) is 10.9. The molecule has 4 rings (SSSR count). The van der Waals surface area contributed by atoms with E-state index in [9.17, 15) is 12.8 Å². The lowest BCUT2D eigenvalue weighted by molar-refractivity contribution is 0.279. The molecule has 1 saturated heterocycles. The van der Waals surface area contributed by atoms with Crippen LogP contribution in [-0.4, -0.2) is 18.8 Å². The molecular weight excluding hydrogens is 399 g/mol. The highest BCUT2D eigenvalue weighted by Crippen LogP contribution is 2.43. The molecule has 152 valence electrons. The van der Waals surface area contributed by atoms with E-state index in [0.717, 1.165) is 30.4 Å².